The number of methoxy groups -OCH3 is 1. The molecule has 0 N–H and O–H groups in total. The molecule has 1 aromatic rings. The van der Waals surface area contributed by atoms with E-state index in [0.29, 0.717) is 5.75 Å². The average molecular weight is 199 g/mol. The lowest BCUT2D eigenvalue weighted by Gasteiger charge is -2.03. The molecule has 13 heavy (non-hydrogen) atoms. The Morgan fingerprint density at radius 3 is 2.46 bits per heavy atom. The molecule has 4 heteroatoms. The van der Waals surface area contributed by atoms with Gasteiger partial charge >= 0.3 is 0 Å². The Morgan fingerprint density at radius 1 is 1.31 bits per heavy atom. The van der Waals surface area contributed by atoms with Gasteiger partial charge in [0.25, 0.3) is 5.24 Å². The summed E-state index contributed by atoms with van der Waals surface area (Å²) in [5, 5.41) is -1.01. The molecule has 0 aliphatic rings. The second-order valence-electron chi connectivity index (χ2n) is 2.30. The number of para-hydroxylation sites is 1. The molecule has 0 radical (unpaired) electrons. The third-order valence-electron chi connectivity index (χ3n) is 1.53. The number of ketones is 1. The number of carbonyl (C=O) groups excluding carboxylic acids is 2. The highest BCUT2D eigenvalue weighted by atomic mass is 35.5. The molecule has 0 bridgehead atoms. The normalized spacial score (nSPS) is 9.38. The van der Waals surface area contributed by atoms with Gasteiger partial charge in [-0.05, 0) is 23.7 Å². The zero-order chi connectivity index (χ0) is 9.84. The SMILES string of the molecule is COc1ccccc1C(=O)C(=O)Cl. The van der Waals surface area contributed by atoms with E-state index in [0.717, 1.165) is 0 Å². The first-order chi connectivity index (χ1) is 6.16. The van der Waals surface area contributed by atoms with Gasteiger partial charge in [0.15, 0.2) is 0 Å². The van der Waals surface area contributed by atoms with Crippen LogP contribution < -0.4 is 4.74 Å². The number of Topliss-reactive ketones (excluding diaryl/α,β-unsaturated/α-hetero) is 1. The topological polar surface area (TPSA) is 43.4 Å². The van der Waals surface area contributed by atoms with Crippen LogP contribution in [0.25, 0.3) is 0 Å². The Kier molecular flexibility index (Phi) is 3.03. The van der Waals surface area contributed by atoms with Crippen LogP contribution in [0.1, 0.15) is 10.4 Å². The summed E-state index contributed by atoms with van der Waals surface area (Å²) in [6.07, 6.45) is 0. The van der Waals surface area contributed by atoms with E-state index in [9.17, 15) is 9.59 Å². The zero-order valence-electron chi connectivity index (χ0n) is 6.91. The number of hydrogen-bond donors (Lipinski definition) is 0. The summed E-state index contributed by atoms with van der Waals surface area (Å²) in [7, 11) is 1.42. The molecule has 0 aliphatic carbocycles. The lowest BCUT2D eigenvalue weighted by molar-refractivity contribution is -0.108. The third kappa shape index (κ3) is 2.06. The van der Waals surface area contributed by atoms with Crippen LogP contribution in [0.15, 0.2) is 24.3 Å². The Balaban J connectivity index is 3.13. The first-order valence-electron chi connectivity index (χ1n) is 3.54. The van der Waals surface area contributed by atoms with Crippen molar-refractivity contribution in [3.63, 3.8) is 0 Å². The van der Waals surface area contributed by atoms with Crippen molar-refractivity contribution in [1.29, 1.82) is 0 Å². The molecule has 0 aromatic heterocycles. The van der Waals surface area contributed by atoms with Gasteiger partial charge in [-0.15, -0.1) is 0 Å². The third-order valence-corrected chi connectivity index (χ3v) is 1.70. The average Bonchev–Trinajstić information content (AvgIpc) is 2.16. The van der Waals surface area contributed by atoms with Crippen LogP contribution in [-0.2, 0) is 4.79 Å². The van der Waals surface area contributed by atoms with E-state index >= 15 is 0 Å². The van der Waals surface area contributed by atoms with E-state index in [1.54, 1.807) is 18.2 Å². The van der Waals surface area contributed by atoms with Crippen molar-refractivity contribution in [2.24, 2.45) is 0 Å². The lowest BCUT2D eigenvalue weighted by atomic mass is 10.1. The summed E-state index contributed by atoms with van der Waals surface area (Å²) in [4.78, 5) is 21.7. The van der Waals surface area contributed by atoms with Gasteiger partial charge in [-0.3, -0.25) is 9.59 Å². The van der Waals surface area contributed by atoms with Crippen molar-refractivity contribution in [3.05, 3.63) is 29.8 Å². The fourth-order valence-electron chi connectivity index (χ4n) is 0.938. The fourth-order valence-corrected chi connectivity index (χ4v) is 1.04. The maximum Gasteiger partial charge on any atom is 0.293 e. The molecular formula is C9H7ClO3. The van der Waals surface area contributed by atoms with E-state index in [2.05, 4.69) is 0 Å². The molecule has 68 valence electrons. The molecule has 0 atom stereocenters. The predicted molar refractivity (Wildman–Crippen MR) is 48.2 cm³/mol. The van der Waals surface area contributed by atoms with Gasteiger partial charge in [0.1, 0.15) is 5.75 Å². The van der Waals surface area contributed by atoms with Crippen LogP contribution in [0, 0.1) is 0 Å². The minimum atomic E-state index is -1.01. The van der Waals surface area contributed by atoms with Gasteiger partial charge in [0.05, 0.1) is 12.7 Å². The smallest absolute Gasteiger partial charge is 0.293 e. The zero-order valence-corrected chi connectivity index (χ0v) is 7.67. The first-order valence-corrected chi connectivity index (χ1v) is 3.91. The minimum Gasteiger partial charge on any atom is -0.496 e. The molecule has 0 fully saturated rings. The molecule has 0 unspecified atom stereocenters. The van der Waals surface area contributed by atoms with Crippen molar-refractivity contribution >= 4 is 22.6 Å². The van der Waals surface area contributed by atoms with Crippen LogP contribution in [0.2, 0.25) is 0 Å². The van der Waals surface area contributed by atoms with Crippen LogP contribution in [-0.4, -0.2) is 18.1 Å². The van der Waals surface area contributed by atoms with E-state index < -0.39 is 11.0 Å². The highest BCUT2D eigenvalue weighted by Crippen LogP contribution is 2.18. The Morgan fingerprint density at radius 2 is 1.92 bits per heavy atom. The molecule has 3 nitrogen and oxygen atoms in total. The number of halogens is 1. The monoisotopic (exact) mass is 198 g/mol. The Hall–Kier alpha value is -1.35. The Bertz CT molecular complexity index is 346. The highest BCUT2D eigenvalue weighted by Gasteiger charge is 2.17. The highest BCUT2D eigenvalue weighted by molar-refractivity contribution is 6.83. The van der Waals surface area contributed by atoms with Gasteiger partial charge in [-0.2, -0.15) is 0 Å². The predicted octanol–water partition coefficient (Wildman–Crippen LogP) is 1.64. The molecule has 0 heterocycles. The quantitative estimate of drug-likeness (QED) is 0.421. The number of benzene rings is 1. The fraction of sp³-hybridized carbons (Fsp3) is 0.111. The molecule has 0 amide bonds. The van der Waals surface area contributed by atoms with Crippen molar-refractivity contribution in [3.8, 4) is 5.75 Å². The minimum absolute atomic E-state index is 0.185. The van der Waals surface area contributed by atoms with Crippen molar-refractivity contribution < 1.29 is 14.3 Å². The van der Waals surface area contributed by atoms with E-state index in [4.69, 9.17) is 16.3 Å². The number of ether oxygens (including phenoxy) is 1. The lowest BCUT2D eigenvalue weighted by Crippen LogP contribution is -2.08. The van der Waals surface area contributed by atoms with Crippen molar-refractivity contribution in [2.75, 3.05) is 7.11 Å². The van der Waals surface area contributed by atoms with Crippen molar-refractivity contribution in [1.82, 2.24) is 0 Å². The summed E-state index contributed by atoms with van der Waals surface area (Å²) < 4.78 is 4.88. The molecule has 1 rings (SSSR count). The number of hydrogen-bond acceptors (Lipinski definition) is 3. The molecule has 0 saturated heterocycles. The maximum atomic E-state index is 11.2. The van der Waals surface area contributed by atoms with Gasteiger partial charge in [-0.1, -0.05) is 12.1 Å². The number of carbonyl (C=O) groups is 2. The van der Waals surface area contributed by atoms with Crippen LogP contribution in [0.3, 0.4) is 0 Å². The Labute approximate surface area is 80.3 Å². The molecule has 0 spiro atoms. The van der Waals surface area contributed by atoms with Crippen LogP contribution >= 0.6 is 11.6 Å². The summed E-state index contributed by atoms with van der Waals surface area (Å²) in [6.45, 7) is 0. The van der Waals surface area contributed by atoms with Crippen LogP contribution in [0.4, 0.5) is 0 Å². The van der Waals surface area contributed by atoms with Gasteiger partial charge in [0, 0.05) is 0 Å². The molecular weight excluding hydrogens is 192 g/mol. The summed E-state index contributed by atoms with van der Waals surface area (Å²) in [6, 6.07) is 6.42. The second kappa shape index (κ2) is 4.05. The van der Waals surface area contributed by atoms with Gasteiger partial charge in [0.2, 0.25) is 5.78 Å². The summed E-state index contributed by atoms with van der Waals surface area (Å²) in [5.41, 5.74) is 0.185. The summed E-state index contributed by atoms with van der Waals surface area (Å²) >= 11 is 5.05. The van der Waals surface area contributed by atoms with Crippen LogP contribution in [0.5, 0.6) is 5.75 Å². The molecule has 1 aromatic carbocycles. The largest absolute Gasteiger partial charge is 0.496 e. The first kappa shape index (κ1) is 9.74. The van der Waals surface area contributed by atoms with E-state index in [1.807, 2.05) is 0 Å². The van der Waals surface area contributed by atoms with E-state index in [-0.39, 0.29) is 5.56 Å². The van der Waals surface area contributed by atoms with Gasteiger partial charge < -0.3 is 4.74 Å². The second-order valence-corrected chi connectivity index (χ2v) is 2.65. The standard InChI is InChI=1S/C9H7ClO3/c1-13-7-5-3-2-4-6(7)8(11)9(10)12/h2-5H,1H3. The van der Waals surface area contributed by atoms with Gasteiger partial charge in [-0.25, -0.2) is 0 Å². The summed E-state index contributed by atoms with van der Waals surface area (Å²) in [5.74, 6) is -0.402. The van der Waals surface area contributed by atoms with Crippen molar-refractivity contribution in [2.45, 2.75) is 0 Å². The van der Waals surface area contributed by atoms with E-state index in [1.165, 1.54) is 13.2 Å². The molecule has 0 saturated carbocycles. The maximum absolute atomic E-state index is 11.2. The molecule has 0 aliphatic heterocycles. The number of rotatable bonds is 3.